The number of aromatic hydroxyl groups is 1. The number of nitrogens with one attached hydrogen (secondary N) is 2. The summed E-state index contributed by atoms with van der Waals surface area (Å²) in [5.74, 6) is 1.25. The number of carbonyl (C=O) groups excluding carboxylic acids is 1. The smallest absolute Gasteiger partial charge is 0.255 e. The summed E-state index contributed by atoms with van der Waals surface area (Å²) in [6.07, 6.45) is 0. The van der Waals surface area contributed by atoms with Gasteiger partial charge in [0.1, 0.15) is 11.8 Å². The number of hydrogen-bond donors (Lipinski definition) is 3. The summed E-state index contributed by atoms with van der Waals surface area (Å²) in [5, 5.41) is 21.5. The molecule has 176 valence electrons. The van der Waals surface area contributed by atoms with E-state index in [9.17, 15) is 9.90 Å². The van der Waals surface area contributed by atoms with Crippen LogP contribution in [-0.4, -0.2) is 25.8 Å². The summed E-state index contributed by atoms with van der Waals surface area (Å²) < 4.78 is 1.75. The lowest BCUT2D eigenvalue weighted by Crippen LogP contribution is -2.31. The Labute approximate surface area is 207 Å². The molecule has 2 heterocycles. The Balaban J connectivity index is 1.50. The third kappa shape index (κ3) is 4.79. The van der Waals surface area contributed by atoms with Crippen molar-refractivity contribution in [2.75, 3.05) is 10.6 Å². The minimum Gasteiger partial charge on any atom is -0.508 e. The largest absolute Gasteiger partial charge is 0.508 e. The molecule has 0 saturated heterocycles. The molecule has 0 saturated carbocycles. The fourth-order valence-electron chi connectivity index (χ4n) is 4.08. The molecule has 1 unspecified atom stereocenters. The van der Waals surface area contributed by atoms with Gasteiger partial charge in [-0.1, -0.05) is 72.4 Å². The lowest BCUT2D eigenvalue weighted by molar-refractivity contribution is -0.113. The van der Waals surface area contributed by atoms with Gasteiger partial charge in [0.25, 0.3) is 5.91 Å². The van der Waals surface area contributed by atoms with Gasteiger partial charge in [0.05, 0.1) is 5.57 Å². The number of hydrogen-bond acceptors (Lipinski definition) is 6. The molecule has 1 atom stereocenters. The van der Waals surface area contributed by atoms with Gasteiger partial charge in [-0.15, -0.1) is 5.10 Å². The molecular weight excluding hydrogens is 458 g/mol. The molecule has 1 aromatic heterocycles. The van der Waals surface area contributed by atoms with Gasteiger partial charge < -0.3 is 15.7 Å². The van der Waals surface area contributed by atoms with Crippen molar-refractivity contribution in [3.63, 3.8) is 0 Å². The first kappa shape index (κ1) is 22.7. The van der Waals surface area contributed by atoms with Crippen LogP contribution in [0.4, 0.5) is 11.6 Å². The van der Waals surface area contributed by atoms with E-state index in [0.29, 0.717) is 22.4 Å². The maximum Gasteiger partial charge on any atom is 0.255 e. The lowest BCUT2D eigenvalue weighted by atomic mass is 9.95. The van der Waals surface area contributed by atoms with Crippen molar-refractivity contribution in [1.29, 1.82) is 0 Å². The monoisotopic (exact) mass is 483 g/mol. The molecule has 35 heavy (non-hydrogen) atoms. The highest BCUT2D eigenvalue weighted by Gasteiger charge is 2.34. The van der Waals surface area contributed by atoms with Crippen molar-refractivity contribution in [3.05, 3.63) is 107 Å². The van der Waals surface area contributed by atoms with Crippen LogP contribution in [0, 0.1) is 6.92 Å². The van der Waals surface area contributed by atoms with Crippen LogP contribution in [0.2, 0.25) is 0 Å². The van der Waals surface area contributed by atoms with Gasteiger partial charge >= 0.3 is 0 Å². The fraction of sp³-hybridized carbons (Fsp3) is 0.148. The number of phenolic OH excluding ortho intramolecular Hbond substituents is 1. The molecule has 1 aliphatic heterocycles. The summed E-state index contributed by atoms with van der Waals surface area (Å²) in [6.45, 7) is 3.83. The zero-order valence-corrected chi connectivity index (χ0v) is 20.2. The van der Waals surface area contributed by atoms with Crippen LogP contribution >= 0.6 is 11.8 Å². The molecule has 0 radical (unpaired) electrons. The zero-order chi connectivity index (χ0) is 24.4. The van der Waals surface area contributed by atoms with Gasteiger partial charge in [-0.25, -0.2) is 4.68 Å². The number of allylic oxidation sites excluding steroid dienone is 1. The molecule has 5 rings (SSSR count). The summed E-state index contributed by atoms with van der Waals surface area (Å²) in [5.41, 5.74) is 4.98. The minimum atomic E-state index is -0.505. The number of benzene rings is 3. The molecule has 0 fully saturated rings. The van der Waals surface area contributed by atoms with E-state index in [4.69, 9.17) is 5.10 Å². The van der Waals surface area contributed by atoms with Gasteiger partial charge in [0, 0.05) is 17.1 Å². The molecule has 0 aliphatic carbocycles. The molecule has 7 nitrogen and oxygen atoms in total. The summed E-state index contributed by atoms with van der Waals surface area (Å²) in [7, 11) is 0. The Morgan fingerprint density at radius 3 is 2.49 bits per heavy atom. The fourth-order valence-corrected chi connectivity index (χ4v) is 4.86. The van der Waals surface area contributed by atoms with E-state index in [1.54, 1.807) is 28.6 Å². The highest BCUT2D eigenvalue weighted by atomic mass is 32.2. The second-order valence-corrected chi connectivity index (χ2v) is 9.31. The van der Waals surface area contributed by atoms with Crippen LogP contribution in [0.15, 0.2) is 95.3 Å². The van der Waals surface area contributed by atoms with Gasteiger partial charge in [0.2, 0.25) is 11.1 Å². The summed E-state index contributed by atoms with van der Waals surface area (Å²) in [4.78, 5) is 18.3. The molecular formula is C27H25N5O2S. The summed E-state index contributed by atoms with van der Waals surface area (Å²) in [6, 6.07) is 24.2. The highest BCUT2D eigenvalue weighted by molar-refractivity contribution is 7.98. The zero-order valence-electron chi connectivity index (χ0n) is 19.4. The molecule has 1 aliphatic rings. The van der Waals surface area contributed by atoms with Crippen molar-refractivity contribution < 1.29 is 9.90 Å². The second kappa shape index (κ2) is 9.68. The highest BCUT2D eigenvalue weighted by Crippen LogP contribution is 2.37. The number of anilines is 2. The quantitative estimate of drug-likeness (QED) is 0.313. The van der Waals surface area contributed by atoms with Crippen LogP contribution < -0.4 is 10.6 Å². The number of aromatic nitrogens is 3. The lowest BCUT2D eigenvalue weighted by Gasteiger charge is -2.28. The number of nitrogens with zero attached hydrogens (tertiary/aromatic N) is 3. The maximum absolute atomic E-state index is 13.6. The molecule has 1 amide bonds. The van der Waals surface area contributed by atoms with E-state index in [1.807, 2.05) is 68.4 Å². The maximum atomic E-state index is 13.6. The average Bonchev–Trinajstić information content (AvgIpc) is 3.27. The van der Waals surface area contributed by atoms with E-state index in [0.717, 1.165) is 22.6 Å². The van der Waals surface area contributed by atoms with Crippen LogP contribution in [0.5, 0.6) is 5.75 Å². The Bertz CT molecular complexity index is 1400. The number of phenols is 1. The molecule has 4 aromatic rings. The number of thioether (sulfide) groups is 1. The third-order valence-corrected chi connectivity index (χ3v) is 6.80. The van der Waals surface area contributed by atoms with Crippen LogP contribution in [0.25, 0.3) is 0 Å². The predicted molar refractivity (Wildman–Crippen MR) is 138 cm³/mol. The van der Waals surface area contributed by atoms with Crippen molar-refractivity contribution in [1.82, 2.24) is 14.8 Å². The number of carbonyl (C=O) groups is 1. The molecule has 3 N–H and O–H groups in total. The van der Waals surface area contributed by atoms with Gasteiger partial charge in [-0.3, -0.25) is 4.79 Å². The van der Waals surface area contributed by atoms with Crippen LogP contribution in [-0.2, 0) is 10.5 Å². The van der Waals surface area contributed by atoms with Crippen LogP contribution in [0.3, 0.4) is 0 Å². The number of amides is 1. The normalized spacial score (nSPS) is 14.9. The molecule has 8 heteroatoms. The van der Waals surface area contributed by atoms with Crippen LogP contribution in [0.1, 0.15) is 29.7 Å². The minimum absolute atomic E-state index is 0.159. The van der Waals surface area contributed by atoms with Crippen molar-refractivity contribution in [3.8, 4) is 5.75 Å². The molecule has 0 bridgehead atoms. The van der Waals surface area contributed by atoms with E-state index >= 15 is 0 Å². The first-order chi connectivity index (χ1) is 17.0. The number of para-hydroxylation sites is 1. The van der Waals surface area contributed by atoms with Gasteiger partial charge in [-0.2, -0.15) is 4.98 Å². The van der Waals surface area contributed by atoms with Crippen molar-refractivity contribution in [2.45, 2.75) is 30.8 Å². The standard InChI is InChI=1S/C27H25N5O2S/c1-17-8-6-7-11-22(17)29-25(34)23-18(2)28-26-30-27(35-16-19-9-4-3-5-10-19)31-32(26)24(23)20-12-14-21(33)15-13-20/h3-15,24,33H,16H2,1-2H3,(H,29,34)(H,28,30,31). The van der Waals surface area contributed by atoms with Crippen molar-refractivity contribution in [2.24, 2.45) is 0 Å². The Morgan fingerprint density at radius 2 is 1.74 bits per heavy atom. The molecule has 3 aromatic carbocycles. The average molecular weight is 484 g/mol. The Kier molecular flexibility index (Phi) is 6.29. The number of rotatable bonds is 6. The predicted octanol–water partition coefficient (Wildman–Crippen LogP) is 5.51. The SMILES string of the molecule is CC1=C(C(=O)Nc2ccccc2C)C(c2ccc(O)cc2)n2nc(SCc3ccccc3)nc2N1. The Morgan fingerprint density at radius 1 is 1.03 bits per heavy atom. The topological polar surface area (TPSA) is 92.1 Å². The van der Waals surface area contributed by atoms with E-state index in [2.05, 4.69) is 27.8 Å². The first-order valence-electron chi connectivity index (χ1n) is 11.3. The van der Waals surface area contributed by atoms with Gasteiger partial charge in [-0.05, 0) is 48.7 Å². The van der Waals surface area contributed by atoms with Gasteiger partial charge in [0.15, 0.2) is 0 Å². The third-order valence-electron chi connectivity index (χ3n) is 5.89. The summed E-state index contributed by atoms with van der Waals surface area (Å²) >= 11 is 1.54. The Hall–Kier alpha value is -4.04. The molecule has 0 spiro atoms. The number of fused-ring (bicyclic) bond motifs is 1. The number of aryl methyl sites for hydroxylation is 1. The second-order valence-electron chi connectivity index (χ2n) is 8.36. The van der Waals surface area contributed by atoms with E-state index in [1.165, 1.54) is 5.56 Å². The van der Waals surface area contributed by atoms with Crippen molar-refractivity contribution >= 4 is 29.3 Å². The first-order valence-corrected chi connectivity index (χ1v) is 12.2. The van der Waals surface area contributed by atoms with E-state index in [-0.39, 0.29) is 11.7 Å². The van der Waals surface area contributed by atoms with E-state index < -0.39 is 6.04 Å².